The standard InChI is InChI=1S/C22H19F3N2O2S/c1-22(18-6-12(18)9-26,17-4-3-14(23)8-20(17)25)19-10-27-21-13(11-30(2,28)29)5-15(24)7-16(19)21/h3-5,7-8,10,12,18,27H,6,11H2,1-2H3. The van der Waals surface area contributed by atoms with Crippen LogP contribution in [0.1, 0.15) is 30.0 Å². The maximum atomic E-state index is 14.9. The number of nitriles is 1. The van der Waals surface area contributed by atoms with Gasteiger partial charge in [-0.2, -0.15) is 5.26 Å². The molecule has 1 saturated carbocycles. The van der Waals surface area contributed by atoms with E-state index in [1.54, 1.807) is 13.1 Å². The number of aromatic nitrogens is 1. The SMILES string of the molecule is CC(c1ccc(F)cc1F)(c1c[nH]c2c(CS(C)(=O)=O)cc(F)cc12)C1CC1C#N. The van der Waals surface area contributed by atoms with Crippen molar-refractivity contribution >= 4 is 20.7 Å². The third-order valence-corrected chi connectivity index (χ3v) is 6.84. The van der Waals surface area contributed by atoms with Gasteiger partial charge in [0.1, 0.15) is 17.5 Å². The van der Waals surface area contributed by atoms with E-state index in [-0.39, 0.29) is 28.7 Å². The van der Waals surface area contributed by atoms with Crippen LogP contribution in [0.2, 0.25) is 0 Å². The van der Waals surface area contributed by atoms with E-state index in [4.69, 9.17) is 0 Å². The van der Waals surface area contributed by atoms with Crippen LogP contribution >= 0.6 is 0 Å². The molecule has 0 bridgehead atoms. The number of rotatable bonds is 5. The van der Waals surface area contributed by atoms with E-state index in [0.717, 1.165) is 24.5 Å². The Morgan fingerprint density at radius 3 is 2.50 bits per heavy atom. The molecule has 3 unspecified atom stereocenters. The van der Waals surface area contributed by atoms with Crippen LogP contribution < -0.4 is 0 Å². The van der Waals surface area contributed by atoms with E-state index < -0.39 is 32.7 Å². The summed E-state index contributed by atoms with van der Waals surface area (Å²) in [5.41, 5.74) is 0.432. The summed E-state index contributed by atoms with van der Waals surface area (Å²) in [6.45, 7) is 1.76. The molecule has 1 aromatic heterocycles. The van der Waals surface area contributed by atoms with Crippen molar-refractivity contribution < 1.29 is 21.6 Å². The highest BCUT2D eigenvalue weighted by molar-refractivity contribution is 7.89. The van der Waals surface area contributed by atoms with Crippen LogP contribution in [0.25, 0.3) is 10.9 Å². The molecule has 3 aromatic rings. The fourth-order valence-electron chi connectivity index (χ4n) is 4.53. The van der Waals surface area contributed by atoms with E-state index in [1.165, 1.54) is 12.1 Å². The highest BCUT2D eigenvalue weighted by Gasteiger charge is 2.54. The minimum absolute atomic E-state index is 0.210. The summed E-state index contributed by atoms with van der Waals surface area (Å²) in [5.74, 6) is -2.99. The Bertz CT molecular complexity index is 1310. The predicted octanol–water partition coefficient (Wildman–Crippen LogP) is 4.60. The zero-order valence-electron chi connectivity index (χ0n) is 16.3. The van der Waals surface area contributed by atoms with Crippen molar-refractivity contribution in [2.75, 3.05) is 6.26 Å². The van der Waals surface area contributed by atoms with Crippen LogP contribution in [0.3, 0.4) is 0 Å². The Kier molecular flexibility index (Phi) is 4.70. The molecule has 2 aromatic carbocycles. The van der Waals surface area contributed by atoms with Gasteiger partial charge in [-0.15, -0.1) is 0 Å². The van der Waals surface area contributed by atoms with Crippen molar-refractivity contribution in [3.63, 3.8) is 0 Å². The molecular weight excluding hydrogens is 413 g/mol. The van der Waals surface area contributed by atoms with E-state index in [1.807, 2.05) is 0 Å². The first kappa shape index (κ1) is 20.5. The summed E-state index contributed by atoms with van der Waals surface area (Å²) in [7, 11) is -3.42. The van der Waals surface area contributed by atoms with E-state index in [0.29, 0.717) is 22.9 Å². The highest BCUT2D eigenvalue weighted by atomic mass is 32.2. The van der Waals surface area contributed by atoms with Crippen LogP contribution in [0.15, 0.2) is 36.5 Å². The maximum Gasteiger partial charge on any atom is 0.151 e. The average molecular weight is 432 g/mol. The van der Waals surface area contributed by atoms with Gasteiger partial charge in [0.2, 0.25) is 0 Å². The molecule has 4 nitrogen and oxygen atoms in total. The minimum Gasteiger partial charge on any atom is -0.361 e. The first-order valence-corrected chi connectivity index (χ1v) is 11.4. The van der Waals surface area contributed by atoms with Gasteiger partial charge < -0.3 is 4.98 Å². The Morgan fingerprint density at radius 1 is 1.17 bits per heavy atom. The quantitative estimate of drug-likeness (QED) is 0.641. The number of H-pyrrole nitrogens is 1. The number of fused-ring (bicyclic) bond motifs is 1. The van der Waals surface area contributed by atoms with E-state index >= 15 is 0 Å². The molecule has 4 rings (SSSR count). The van der Waals surface area contributed by atoms with Crippen molar-refractivity contribution in [1.29, 1.82) is 5.26 Å². The van der Waals surface area contributed by atoms with Gasteiger partial charge in [-0.25, -0.2) is 21.6 Å². The van der Waals surface area contributed by atoms with Gasteiger partial charge in [0, 0.05) is 29.3 Å². The van der Waals surface area contributed by atoms with Crippen molar-refractivity contribution in [1.82, 2.24) is 4.98 Å². The summed E-state index contributed by atoms with van der Waals surface area (Å²) >= 11 is 0. The fraction of sp³-hybridized carbons (Fsp3) is 0.318. The third-order valence-electron chi connectivity index (χ3n) is 6.00. The second-order valence-corrected chi connectivity index (χ2v) is 10.3. The lowest BCUT2D eigenvalue weighted by molar-refractivity contribution is 0.449. The molecule has 3 atom stereocenters. The number of nitrogens with zero attached hydrogens (tertiary/aromatic N) is 1. The number of benzene rings is 2. The van der Waals surface area contributed by atoms with Crippen molar-refractivity contribution in [2.45, 2.75) is 24.5 Å². The molecule has 0 saturated heterocycles. The Balaban J connectivity index is 1.98. The average Bonchev–Trinajstić information content (AvgIpc) is 3.31. The molecular formula is C22H19F3N2O2S. The number of halogens is 3. The highest BCUT2D eigenvalue weighted by Crippen LogP contribution is 2.56. The van der Waals surface area contributed by atoms with Gasteiger partial charge in [0.15, 0.2) is 9.84 Å². The maximum absolute atomic E-state index is 14.9. The smallest absolute Gasteiger partial charge is 0.151 e. The summed E-state index contributed by atoms with van der Waals surface area (Å²) in [6, 6.07) is 7.94. The first-order valence-electron chi connectivity index (χ1n) is 9.37. The first-order chi connectivity index (χ1) is 14.0. The molecule has 1 aliphatic rings. The number of hydrogen-bond acceptors (Lipinski definition) is 3. The van der Waals surface area contributed by atoms with Crippen molar-refractivity contribution in [2.24, 2.45) is 11.8 Å². The van der Waals surface area contributed by atoms with Crippen LogP contribution in [0.4, 0.5) is 13.2 Å². The Labute approximate surface area is 172 Å². The third kappa shape index (κ3) is 3.37. The molecule has 1 aliphatic carbocycles. The zero-order valence-corrected chi connectivity index (χ0v) is 17.2. The van der Waals surface area contributed by atoms with Crippen LogP contribution in [0, 0.1) is 40.6 Å². The van der Waals surface area contributed by atoms with Gasteiger partial charge in [0.25, 0.3) is 0 Å². The molecule has 8 heteroatoms. The van der Waals surface area contributed by atoms with Gasteiger partial charge in [-0.05, 0) is 47.2 Å². The second-order valence-electron chi connectivity index (χ2n) is 8.16. The molecule has 30 heavy (non-hydrogen) atoms. The molecule has 1 fully saturated rings. The Hall–Kier alpha value is -2.79. The number of hydrogen-bond donors (Lipinski definition) is 1. The van der Waals surface area contributed by atoms with Gasteiger partial charge in [0.05, 0.1) is 23.3 Å². The largest absolute Gasteiger partial charge is 0.361 e. The zero-order chi connectivity index (χ0) is 21.8. The van der Waals surface area contributed by atoms with Crippen LogP contribution in [-0.2, 0) is 21.0 Å². The lowest BCUT2D eigenvalue weighted by Crippen LogP contribution is -2.28. The van der Waals surface area contributed by atoms with E-state index in [9.17, 15) is 26.9 Å². The molecule has 1 N–H and O–H groups in total. The summed E-state index contributed by atoms with van der Waals surface area (Å²) < 4.78 is 66.4. The monoisotopic (exact) mass is 432 g/mol. The lowest BCUT2D eigenvalue weighted by Gasteiger charge is -2.31. The summed E-state index contributed by atoms with van der Waals surface area (Å²) in [5, 5.41) is 9.81. The molecule has 0 aliphatic heterocycles. The van der Waals surface area contributed by atoms with E-state index in [2.05, 4.69) is 11.1 Å². The predicted molar refractivity (Wildman–Crippen MR) is 107 cm³/mol. The Morgan fingerprint density at radius 2 is 1.90 bits per heavy atom. The topological polar surface area (TPSA) is 73.7 Å². The number of aromatic amines is 1. The van der Waals surface area contributed by atoms with Crippen LogP contribution in [0.5, 0.6) is 0 Å². The minimum atomic E-state index is -3.42. The molecule has 0 amide bonds. The van der Waals surface area contributed by atoms with Crippen LogP contribution in [-0.4, -0.2) is 19.7 Å². The molecule has 1 heterocycles. The second kappa shape index (κ2) is 6.88. The van der Waals surface area contributed by atoms with Crippen molar-refractivity contribution in [3.8, 4) is 6.07 Å². The molecule has 0 spiro atoms. The number of nitrogens with one attached hydrogen (secondary N) is 1. The van der Waals surface area contributed by atoms with Crippen molar-refractivity contribution in [3.05, 3.63) is 70.7 Å². The van der Waals surface area contributed by atoms with Gasteiger partial charge in [-0.1, -0.05) is 13.0 Å². The summed E-state index contributed by atoms with van der Waals surface area (Å²) in [4.78, 5) is 3.02. The molecule has 0 radical (unpaired) electrons. The fourth-order valence-corrected chi connectivity index (χ4v) is 5.32. The lowest BCUT2D eigenvalue weighted by atomic mass is 9.71. The normalized spacial score (nSPS) is 20.7. The molecule has 156 valence electrons. The number of sulfone groups is 1. The van der Waals surface area contributed by atoms with Gasteiger partial charge >= 0.3 is 0 Å². The summed E-state index contributed by atoms with van der Waals surface area (Å²) in [6.07, 6.45) is 3.20. The van der Waals surface area contributed by atoms with Gasteiger partial charge in [-0.3, -0.25) is 0 Å².